The van der Waals surface area contributed by atoms with Crippen molar-refractivity contribution in [3.63, 3.8) is 0 Å². The molecule has 0 aliphatic carbocycles. The van der Waals surface area contributed by atoms with E-state index in [1.54, 1.807) is 35.0 Å². The third-order valence-corrected chi connectivity index (χ3v) is 4.56. The van der Waals surface area contributed by atoms with Crippen LogP contribution in [-0.2, 0) is 0 Å². The van der Waals surface area contributed by atoms with Gasteiger partial charge in [-0.05, 0) is 29.8 Å². The van der Waals surface area contributed by atoms with Crippen LogP contribution in [0.1, 0.15) is 5.56 Å². The summed E-state index contributed by atoms with van der Waals surface area (Å²) in [6, 6.07) is 16.6. The molecule has 0 atom stereocenters. The van der Waals surface area contributed by atoms with Gasteiger partial charge in [-0.1, -0.05) is 47.5 Å². The summed E-state index contributed by atoms with van der Waals surface area (Å²) in [5.74, 6) is 0.153. The summed E-state index contributed by atoms with van der Waals surface area (Å²) in [6.07, 6.45) is 1.70. The Kier molecular flexibility index (Phi) is 4.00. The molecule has 5 nitrogen and oxygen atoms in total. The van der Waals surface area contributed by atoms with Crippen LogP contribution in [0.5, 0.6) is 0 Å². The van der Waals surface area contributed by atoms with Gasteiger partial charge >= 0.3 is 0 Å². The maximum atomic E-state index is 9.58. The van der Waals surface area contributed by atoms with Crippen LogP contribution in [0.2, 0.25) is 10.0 Å². The number of hydrogen-bond donors (Lipinski definition) is 1. The third-order valence-electron chi connectivity index (χ3n) is 4.06. The Bertz CT molecular complexity index is 1160. The maximum Gasteiger partial charge on any atom is 0.165 e. The summed E-state index contributed by atoms with van der Waals surface area (Å²) in [6.45, 7) is 0. The fourth-order valence-corrected chi connectivity index (χ4v) is 3.08. The minimum atomic E-state index is 0.153. The molecule has 0 bridgehead atoms. The van der Waals surface area contributed by atoms with E-state index in [0.717, 1.165) is 16.7 Å². The number of halogens is 2. The Labute approximate surface area is 159 Å². The molecule has 0 amide bonds. The van der Waals surface area contributed by atoms with Crippen molar-refractivity contribution in [1.29, 1.82) is 5.26 Å². The molecular formula is C19H11Cl2N5. The molecule has 7 heteroatoms. The molecule has 0 saturated carbocycles. The van der Waals surface area contributed by atoms with Crippen molar-refractivity contribution in [3.8, 4) is 28.5 Å². The molecule has 0 fully saturated rings. The molecule has 0 radical (unpaired) electrons. The molecule has 2 heterocycles. The monoisotopic (exact) mass is 379 g/mol. The topological polar surface area (TPSA) is 80.0 Å². The quantitative estimate of drug-likeness (QED) is 0.541. The zero-order chi connectivity index (χ0) is 18.3. The summed E-state index contributed by atoms with van der Waals surface area (Å²) in [4.78, 5) is 4.41. The molecule has 0 aliphatic heterocycles. The second-order valence-electron chi connectivity index (χ2n) is 5.64. The predicted octanol–water partition coefficient (Wildman–Crippen LogP) is 4.82. The van der Waals surface area contributed by atoms with E-state index in [9.17, 15) is 5.26 Å². The third kappa shape index (κ3) is 2.66. The molecule has 2 aromatic heterocycles. The predicted molar refractivity (Wildman–Crippen MR) is 103 cm³/mol. The van der Waals surface area contributed by atoms with Gasteiger partial charge in [-0.2, -0.15) is 10.4 Å². The molecular weight excluding hydrogens is 369 g/mol. The lowest BCUT2D eigenvalue weighted by molar-refractivity contribution is 0.946. The molecule has 26 heavy (non-hydrogen) atoms. The van der Waals surface area contributed by atoms with E-state index in [4.69, 9.17) is 28.9 Å². The number of rotatable bonds is 2. The Hall–Kier alpha value is -3.07. The van der Waals surface area contributed by atoms with Crippen LogP contribution in [-0.4, -0.2) is 14.6 Å². The number of nitrogen functional groups attached to an aromatic ring is 1. The average molecular weight is 380 g/mol. The zero-order valence-electron chi connectivity index (χ0n) is 13.3. The standard InChI is InChI=1S/C19H11Cl2N5/c20-13-5-1-11(2-6-13)16-10-24-26-17(12-3-7-14(21)8-4-12)15(9-22)18(23)25-19(16)26/h1-8,10H,(H2,23,25). The highest BCUT2D eigenvalue weighted by Crippen LogP contribution is 2.32. The van der Waals surface area contributed by atoms with E-state index in [2.05, 4.69) is 16.2 Å². The summed E-state index contributed by atoms with van der Waals surface area (Å²) in [5.41, 5.74) is 9.96. The lowest BCUT2D eigenvalue weighted by atomic mass is 10.1. The number of nitrogens with zero attached hydrogens (tertiary/aromatic N) is 4. The van der Waals surface area contributed by atoms with Crippen LogP contribution in [0.25, 0.3) is 28.0 Å². The molecule has 4 aromatic rings. The van der Waals surface area contributed by atoms with Gasteiger partial charge in [-0.3, -0.25) is 0 Å². The number of nitriles is 1. The van der Waals surface area contributed by atoms with Crippen molar-refractivity contribution in [3.05, 3.63) is 70.3 Å². The maximum absolute atomic E-state index is 9.58. The molecule has 2 N–H and O–H groups in total. The fourth-order valence-electron chi connectivity index (χ4n) is 2.83. The molecule has 126 valence electrons. The van der Waals surface area contributed by atoms with Crippen molar-refractivity contribution in [2.75, 3.05) is 5.73 Å². The first kappa shape index (κ1) is 16.4. The number of benzene rings is 2. The largest absolute Gasteiger partial charge is 0.382 e. The zero-order valence-corrected chi connectivity index (χ0v) is 14.8. The Balaban J connectivity index is 2.03. The van der Waals surface area contributed by atoms with Crippen LogP contribution in [0.4, 0.5) is 5.82 Å². The first-order valence-corrected chi connectivity index (χ1v) is 8.43. The van der Waals surface area contributed by atoms with Gasteiger partial charge in [0.15, 0.2) is 5.65 Å². The highest BCUT2D eigenvalue weighted by molar-refractivity contribution is 6.30. The van der Waals surface area contributed by atoms with Crippen molar-refractivity contribution >= 4 is 34.7 Å². The molecule has 4 rings (SSSR count). The Morgan fingerprint density at radius 3 is 2.08 bits per heavy atom. The molecule has 0 unspecified atom stereocenters. The lowest BCUT2D eigenvalue weighted by Gasteiger charge is -2.10. The van der Waals surface area contributed by atoms with Gasteiger partial charge in [0.1, 0.15) is 17.5 Å². The molecule has 0 spiro atoms. The van der Waals surface area contributed by atoms with Gasteiger partial charge in [0, 0.05) is 21.2 Å². The summed E-state index contributed by atoms with van der Waals surface area (Å²) < 4.78 is 1.63. The van der Waals surface area contributed by atoms with Crippen molar-refractivity contribution in [1.82, 2.24) is 14.6 Å². The van der Waals surface area contributed by atoms with Gasteiger partial charge in [0.2, 0.25) is 0 Å². The van der Waals surface area contributed by atoms with Crippen LogP contribution >= 0.6 is 23.2 Å². The minimum Gasteiger partial charge on any atom is -0.382 e. The van der Waals surface area contributed by atoms with E-state index >= 15 is 0 Å². The van der Waals surface area contributed by atoms with Crippen molar-refractivity contribution in [2.45, 2.75) is 0 Å². The number of anilines is 1. The summed E-state index contributed by atoms with van der Waals surface area (Å²) in [5, 5.41) is 15.3. The average Bonchev–Trinajstić information content (AvgIpc) is 3.05. The Morgan fingerprint density at radius 1 is 0.923 bits per heavy atom. The minimum absolute atomic E-state index is 0.153. The van der Waals surface area contributed by atoms with Gasteiger partial charge in [0.25, 0.3) is 0 Å². The smallest absolute Gasteiger partial charge is 0.165 e. The number of fused-ring (bicyclic) bond motifs is 1. The van der Waals surface area contributed by atoms with E-state index in [0.29, 0.717) is 21.4 Å². The molecule has 0 saturated heterocycles. The van der Waals surface area contributed by atoms with Crippen LogP contribution in [0.3, 0.4) is 0 Å². The summed E-state index contributed by atoms with van der Waals surface area (Å²) in [7, 11) is 0. The second kappa shape index (κ2) is 6.34. The van der Waals surface area contributed by atoms with Crippen LogP contribution < -0.4 is 5.73 Å². The Morgan fingerprint density at radius 2 is 1.50 bits per heavy atom. The van der Waals surface area contributed by atoms with E-state index in [1.165, 1.54) is 0 Å². The van der Waals surface area contributed by atoms with Crippen LogP contribution in [0.15, 0.2) is 54.7 Å². The summed E-state index contributed by atoms with van der Waals surface area (Å²) >= 11 is 12.0. The second-order valence-corrected chi connectivity index (χ2v) is 6.51. The normalized spacial score (nSPS) is 10.8. The van der Waals surface area contributed by atoms with Gasteiger partial charge in [-0.15, -0.1) is 0 Å². The van der Waals surface area contributed by atoms with Gasteiger partial charge in [-0.25, -0.2) is 9.50 Å². The van der Waals surface area contributed by atoms with E-state index in [1.807, 2.05) is 24.3 Å². The van der Waals surface area contributed by atoms with Crippen molar-refractivity contribution in [2.24, 2.45) is 0 Å². The van der Waals surface area contributed by atoms with Crippen LogP contribution in [0, 0.1) is 11.3 Å². The van der Waals surface area contributed by atoms with Crippen molar-refractivity contribution < 1.29 is 0 Å². The highest BCUT2D eigenvalue weighted by atomic mass is 35.5. The number of aromatic nitrogens is 3. The van der Waals surface area contributed by atoms with E-state index in [-0.39, 0.29) is 11.4 Å². The van der Waals surface area contributed by atoms with Gasteiger partial charge in [0.05, 0.1) is 11.9 Å². The van der Waals surface area contributed by atoms with Gasteiger partial charge < -0.3 is 5.73 Å². The molecule has 0 aliphatic rings. The number of nitrogens with two attached hydrogens (primary N) is 1. The first-order chi connectivity index (χ1) is 12.6. The molecule has 2 aromatic carbocycles. The lowest BCUT2D eigenvalue weighted by Crippen LogP contribution is -2.05. The fraction of sp³-hybridized carbons (Fsp3) is 0. The van der Waals surface area contributed by atoms with E-state index < -0.39 is 0 Å². The SMILES string of the molecule is N#Cc1c(N)nc2c(-c3ccc(Cl)cc3)cnn2c1-c1ccc(Cl)cc1. The highest BCUT2D eigenvalue weighted by Gasteiger charge is 2.19. The number of hydrogen-bond acceptors (Lipinski definition) is 4. The first-order valence-electron chi connectivity index (χ1n) is 7.67.